The van der Waals surface area contributed by atoms with Crippen molar-refractivity contribution in [2.75, 3.05) is 26.2 Å². The molecule has 2 aliphatic rings. The van der Waals surface area contributed by atoms with E-state index in [4.69, 9.17) is 0 Å². The van der Waals surface area contributed by atoms with Gasteiger partial charge in [-0.25, -0.2) is 0 Å². The van der Waals surface area contributed by atoms with Crippen LogP contribution in [-0.4, -0.2) is 52.9 Å². The zero-order valence-corrected chi connectivity index (χ0v) is 19.5. The lowest BCUT2D eigenvalue weighted by Gasteiger charge is -2.37. The predicted octanol–water partition coefficient (Wildman–Crippen LogP) is 5.13. The highest BCUT2D eigenvalue weighted by Crippen LogP contribution is 2.27. The van der Waals surface area contributed by atoms with Gasteiger partial charge in [0.25, 0.3) is 0 Å². The van der Waals surface area contributed by atoms with E-state index in [0.717, 1.165) is 51.1 Å². The molecule has 170 valence electrons. The fourth-order valence-corrected chi connectivity index (χ4v) is 5.20. The van der Waals surface area contributed by atoms with Gasteiger partial charge in [-0.15, -0.1) is 0 Å². The van der Waals surface area contributed by atoms with Gasteiger partial charge in [-0.3, -0.25) is 9.78 Å². The van der Waals surface area contributed by atoms with E-state index in [9.17, 15) is 4.79 Å². The maximum atomic E-state index is 13.1. The molecule has 1 amide bonds. The number of hydrogen-bond donors (Lipinski definition) is 0. The van der Waals surface area contributed by atoms with Crippen molar-refractivity contribution in [2.24, 2.45) is 5.92 Å². The third-order valence-electron chi connectivity index (χ3n) is 7.25. The van der Waals surface area contributed by atoms with Crippen LogP contribution in [0.15, 0.2) is 54.7 Å². The lowest BCUT2D eigenvalue weighted by molar-refractivity contribution is -0.129. The number of amides is 1. The largest absolute Gasteiger partial charge is 0.336 e. The van der Waals surface area contributed by atoms with Crippen LogP contribution in [0.25, 0.3) is 6.08 Å². The number of benzene rings is 1. The Labute approximate surface area is 193 Å². The Morgan fingerprint density at radius 3 is 2.53 bits per heavy atom. The molecule has 0 unspecified atom stereocenters. The van der Waals surface area contributed by atoms with Crippen molar-refractivity contribution < 1.29 is 4.79 Å². The summed E-state index contributed by atoms with van der Waals surface area (Å²) in [6.07, 6.45) is 13.7. The molecule has 0 atom stereocenters. The molecule has 0 spiro atoms. The van der Waals surface area contributed by atoms with E-state index < -0.39 is 0 Å². The van der Waals surface area contributed by atoms with Gasteiger partial charge < -0.3 is 9.80 Å². The average Bonchev–Trinajstić information content (AvgIpc) is 3.36. The van der Waals surface area contributed by atoms with E-state index in [1.807, 2.05) is 24.3 Å². The van der Waals surface area contributed by atoms with Crippen molar-refractivity contribution in [3.8, 4) is 0 Å². The molecule has 4 heteroatoms. The van der Waals surface area contributed by atoms with Gasteiger partial charge >= 0.3 is 0 Å². The molecule has 2 aromatic rings. The van der Waals surface area contributed by atoms with E-state index >= 15 is 0 Å². The van der Waals surface area contributed by atoms with Gasteiger partial charge in [0.2, 0.25) is 5.91 Å². The number of carbonyl (C=O) groups excluding carboxylic acids is 1. The number of rotatable bonds is 8. The van der Waals surface area contributed by atoms with Crippen molar-refractivity contribution in [3.05, 3.63) is 71.6 Å². The molecule has 1 aromatic carbocycles. The molecule has 32 heavy (non-hydrogen) atoms. The summed E-state index contributed by atoms with van der Waals surface area (Å²) in [5.41, 5.74) is 3.70. The molecule has 0 N–H and O–H groups in total. The van der Waals surface area contributed by atoms with Gasteiger partial charge in [0.15, 0.2) is 0 Å². The van der Waals surface area contributed by atoms with Crippen molar-refractivity contribution in [1.82, 2.24) is 14.8 Å². The number of nitrogens with zero attached hydrogens (tertiary/aromatic N) is 3. The van der Waals surface area contributed by atoms with Gasteiger partial charge in [-0.05, 0) is 87.4 Å². The summed E-state index contributed by atoms with van der Waals surface area (Å²) in [7, 11) is 0. The number of piperidine rings is 1. The topological polar surface area (TPSA) is 36.4 Å². The molecule has 1 aromatic heterocycles. The molecule has 2 fully saturated rings. The molecule has 1 aliphatic heterocycles. The van der Waals surface area contributed by atoms with Crippen molar-refractivity contribution in [3.63, 3.8) is 0 Å². The van der Waals surface area contributed by atoms with E-state index in [1.54, 1.807) is 12.3 Å². The monoisotopic (exact) mass is 431 g/mol. The molecule has 4 nitrogen and oxygen atoms in total. The average molecular weight is 432 g/mol. The number of carbonyl (C=O) groups is 1. The van der Waals surface area contributed by atoms with Crippen LogP contribution in [0.2, 0.25) is 0 Å². The number of aryl methyl sites for hydroxylation is 1. The number of likely N-dealkylation sites (tertiary alicyclic amines) is 1. The molecule has 1 aliphatic carbocycles. The first-order chi connectivity index (χ1) is 15.7. The highest BCUT2D eigenvalue weighted by atomic mass is 16.2. The van der Waals surface area contributed by atoms with E-state index in [-0.39, 0.29) is 5.91 Å². The lowest BCUT2D eigenvalue weighted by Crippen LogP contribution is -2.44. The summed E-state index contributed by atoms with van der Waals surface area (Å²) in [4.78, 5) is 22.2. The van der Waals surface area contributed by atoms with Crippen LogP contribution < -0.4 is 0 Å². The Morgan fingerprint density at radius 2 is 1.81 bits per heavy atom. The molecule has 0 radical (unpaired) electrons. The van der Waals surface area contributed by atoms with Gasteiger partial charge in [-0.1, -0.05) is 43.2 Å². The zero-order chi connectivity index (χ0) is 22.2. The minimum absolute atomic E-state index is 0.157. The number of pyridine rings is 1. The Morgan fingerprint density at radius 1 is 1.06 bits per heavy atom. The SMILES string of the molecule is Cc1ccccc1CCN1CCC(CN(C(=O)/C=C/c2ccccn2)C2CCCC2)CC1. The Kier molecular flexibility index (Phi) is 8.11. The third kappa shape index (κ3) is 6.29. The quantitative estimate of drug-likeness (QED) is 0.544. The summed E-state index contributed by atoms with van der Waals surface area (Å²) in [5.74, 6) is 0.766. The van der Waals surface area contributed by atoms with Crippen LogP contribution in [0, 0.1) is 12.8 Å². The standard InChI is InChI=1S/C28H37N3O/c1-23-8-2-3-9-25(23)17-21-30-19-15-24(16-20-30)22-31(27-11-4-5-12-27)28(32)14-13-26-10-6-7-18-29-26/h2-3,6-10,13-14,18,24,27H,4-5,11-12,15-17,19-22H2,1H3/b14-13+. The summed E-state index contributed by atoms with van der Waals surface area (Å²) in [6, 6.07) is 14.9. The van der Waals surface area contributed by atoms with Gasteiger partial charge in [-0.2, -0.15) is 0 Å². The first kappa shape index (κ1) is 22.7. The Hall–Kier alpha value is -2.46. The molecule has 1 saturated carbocycles. The summed E-state index contributed by atoms with van der Waals surface area (Å²) < 4.78 is 0. The minimum Gasteiger partial charge on any atom is -0.336 e. The van der Waals surface area contributed by atoms with Crippen LogP contribution in [0.5, 0.6) is 0 Å². The van der Waals surface area contributed by atoms with Crippen LogP contribution in [-0.2, 0) is 11.2 Å². The normalized spacial score (nSPS) is 18.4. The Balaban J connectivity index is 1.29. The minimum atomic E-state index is 0.157. The third-order valence-corrected chi connectivity index (χ3v) is 7.25. The molecular formula is C28H37N3O. The summed E-state index contributed by atoms with van der Waals surface area (Å²) >= 11 is 0. The van der Waals surface area contributed by atoms with Crippen molar-refractivity contribution >= 4 is 12.0 Å². The smallest absolute Gasteiger partial charge is 0.246 e. The van der Waals surface area contributed by atoms with E-state index in [2.05, 4.69) is 46.0 Å². The number of hydrogen-bond acceptors (Lipinski definition) is 3. The molecule has 2 heterocycles. The predicted molar refractivity (Wildman–Crippen MR) is 131 cm³/mol. The Bertz CT molecular complexity index is 881. The summed E-state index contributed by atoms with van der Waals surface area (Å²) in [6.45, 7) is 6.54. The maximum Gasteiger partial charge on any atom is 0.246 e. The molecule has 1 saturated heterocycles. The van der Waals surface area contributed by atoms with Crippen LogP contribution in [0.3, 0.4) is 0 Å². The van der Waals surface area contributed by atoms with Crippen molar-refractivity contribution in [2.45, 2.75) is 57.9 Å². The van der Waals surface area contributed by atoms with Gasteiger partial charge in [0.05, 0.1) is 5.69 Å². The second-order valence-corrected chi connectivity index (χ2v) is 9.48. The highest BCUT2D eigenvalue weighted by molar-refractivity contribution is 5.91. The number of aromatic nitrogens is 1. The van der Waals surface area contributed by atoms with Crippen LogP contribution in [0.1, 0.15) is 55.3 Å². The summed E-state index contributed by atoms with van der Waals surface area (Å²) in [5, 5.41) is 0. The van der Waals surface area contributed by atoms with Crippen molar-refractivity contribution in [1.29, 1.82) is 0 Å². The van der Waals surface area contributed by atoms with Gasteiger partial charge in [0.1, 0.15) is 0 Å². The van der Waals surface area contributed by atoms with E-state index in [0.29, 0.717) is 12.0 Å². The highest BCUT2D eigenvalue weighted by Gasteiger charge is 2.29. The first-order valence-electron chi connectivity index (χ1n) is 12.4. The first-order valence-corrected chi connectivity index (χ1v) is 12.4. The lowest BCUT2D eigenvalue weighted by atomic mass is 9.94. The fraction of sp³-hybridized carbons (Fsp3) is 0.500. The zero-order valence-electron chi connectivity index (χ0n) is 19.5. The molecular weight excluding hydrogens is 394 g/mol. The van der Waals surface area contributed by atoms with Gasteiger partial charge in [0, 0.05) is 31.4 Å². The molecule has 0 bridgehead atoms. The maximum absolute atomic E-state index is 13.1. The van der Waals surface area contributed by atoms with Crippen LogP contribution >= 0.6 is 0 Å². The fourth-order valence-electron chi connectivity index (χ4n) is 5.20. The second kappa shape index (κ2) is 11.4. The van der Waals surface area contributed by atoms with E-state index in [1.165, 1.54) is 36.8 Å². The second-order valence-electron chi connectivity index (χ2n) is 9.48. The molecule has 4 rings (SSSR count). The van der Waals surface area contributed by atoms with Crippen LogP contribution in [0.4, 0.5) is 0 Å².